The summed E-state index contributed by atoms with van der Waals surface area (Å²) in [6.07, 6.45) is 3.43. The van der Waals surface area contributed by atoms with E-state index in [2.05, 4.69) is 11.8 Å². The molecule has 1 rings (SSSR count). The lowest BCUT2D eigenvalue weighted by Gasteiger charge is -2.33. The second-order valence-electron chi connectivity index (χ2n) is 4.22. The van der Waals surface area contributed by atoms with E-state index in [1.165, 1.54) is 12.8 Å². The average Bonchev–Trinajstić information content (AvgIpc) is 2.21. The van der Waals surface area contributed by atoms with E-state index in [1.54, 1.807) is 0 Å². The molecule has 0 aromatic rings. The van der Waals surface area contributed by atoms with E-state index >= 15 is 0 Å². The van der Waals surface area contributed by atoms with Gasteiger partial charge in [0.15, 0.2) is 9.84 Å². The first-order chi connectivity index (χ1) is 7.09. The molecule has 1 aliphatic rings. The van der Waals surface area contributed by atoms with Gasteiger partial charge in [0.2, 0.25) is 0 Å². The maximum Gasteiger partial charge on any atom is 0.152 e. The Kier molecular flexibility index (Phi) is 5.02. The summed E-state index contributed by atoms with van der Waals surface area (Å²) in [5.41, 5.74) is 5.72. The summed E-state index contributed by atoms with van der Waals surface area (Å²) < 4.78 is 22.5. The first kappa shape index (κ1) is 12.9. The normalized spacial score (nSPS) is 23.9. The summed E-state index contributed by atoms with van der Waals surface area (Å²) in [5, 5.41) is 0. The van der Waals surface area contributed by atoms with Gasteiger partial charge in [-0.1, -0.05) is 19.8 Å². The molecule has 0 bridgehead atoms. The van der Waals surface area contributed by atoms with E-state index in [0.29, 0.717) is 37.2 Å². The van der Waals surface area contributed by atoms with Crippen molar-refractivity contribution in [1.82, 2.24) is 4.90 Å². The fourth-order valence-corrected chi connectivity index (χ4v) is 3.21. The summed E-state index contributed by atoms with van der Waals surface area (Å²) in [4.78, 5) is 2.23. The zero-order valence-corrected chi connectivity index (χ0v) is 10.3. The van der Waals surface area contributed by atoms with E-state index < -0.39 is 9.84 Å². The molecule has 0 amide bonds. The van der Waals surface area contributed by atoms with Gasteiger partial charge in [0.25, 0.3) is 0 Å². The topological polar surface area (TPSA) is 63.4 Å². The molecular weight excluding hydrogens is 212 g/mol. The van der Waals surface area contributed by atoms with Crippen LogP contribution in [0.2, 0.25) is 0 Å². The molecule has 1 unspecified atom stereocenters. The number of hydrogen-bond acceptors (Lipinski definition) is 4. The lowest BCUT2D eigenvalue weighted by atomic mass is 10.1. The fourth-order valence-electron chi connectivity index (χ4n) is 1.98. The molecule has 0 aliphatic carbocycles. The van der Waals surface area contributed by atoms with Crippen molar-refractivity contribution in [2.24, 2.45) is 5.73 Å². The standard InChI is InChI=1S/C10H22N2O2S/c1-2-3-4-10(9-11)12-5-7-15(13,14)8-6-12/h10H,2-9,11H2,1H3. The Bertz CT molecular complexity index is 263. The first-order valence-electron chi connectivity index (χ1n) is 5.73. The summed E-state index contributed by atoms with van der Waals surface area (Å²) in [6, 6.07) is 0.375. The highest BCUT2D eigenvalue weighted by Crippen LogP contribution is 2.12. The van der Waals surface area contributed by atoms with Crippen molar-refractivity contribution < 1.29 is 8.42 Å². The Balaban J connectivity index is 2.42. The Morgan fingerprint density at radius 3 is 2.40 bits per heavy atom. The highest BCUT2D eigenvalue weighted by atomic mass is 32.2. The number of sulfone groups is 1. The molecule has 1 heterocycles. The molecule has 0 radical (unpaired) electrons. The molecule has 1 fully saturated rings. The van der Waals surface area contributed by atoms with Crippen LogP contribution in [-0.2, 0) is 9.84 Å². The molecule has 0 aromatic heterocycles. The minimum Gasteiger partial charge on any atom is -0.329 e. The van der Waals surface area contributed by atoms with Gasteiger partial charge < -0.3 is 5.73 Å². The van der Waals surface area contributed by atoms with Crippen molar-refractivity contribution in [3.63, 3.8) is 0 Å². The Morgan fingerprint density at radius 1 is 1.33 bits per heavy atom. The molecule has 4 nitrogen and oxygen atoms in total. The molecule has 0 spiro atoms. The minimum atomic E-state index is -2.76. The van der Waals surface area contributed by atoms with Crippen molar-refractivity contribution >= 4 is 9.84 Å². The highest BCUT2D eigenvalue weighted by molar-refractivity contribution is 7.91. The first-order valence-corrected chi connectivity index (χ1v) is 7.55. The number of nitrogens with zero attached hydrogens (tertiary/aromatic N) is 1. The zero-order valence-electron chi connectivity index (χ0n) is 9.48. The second kappa shape index (κ2) is 5.82. The van der Waals surface area contributed by atoms with Crippen LogP contribution in [0.4, 0.5) is 0 Å². The van der Waals surface area contributed by atoms with Crippen molar-refractivity contribution in [1.29, 1.82) is 0 Å². The van der Waals surface area contributed by atoms with E-state index in [1.807, 2.05) is 0 Å². The monoisotopic (exact) mass is 234 g/mol. The SMILES string of the molecule is CCCCC(CN)N1CCS(=O)(=O)CC1. The van der Waals surface area contributed by atoms with Gasteiger partial charge in [-0.2, -0.15) is 0 Å². The van der Waals surface area contributed by atoms with Gasteiger partial charge in [-0.15, -0.1) is 0 Å². The third kappa shape index (κ3) is 4.09. The van der Waals surface area contributed by atoms with Crippen LogP contribution in [0.1, 0.15) is 26.2 Å². The average molecular weight is 234 g/mol. The van der Waals surface area contributed by atoms with Crippen molar-refractivity contribution in [2.75, 3.05) is 31.1 Å². The van der Waals surface area contributed by atoms with Crippen LogP contribution < -0.4 is 5.73 Å². The van der Waals surface area contributed by atoms with E-state index in [-0.39, 0.29) is 0 Å². The number of unbranched alkanes of at least 4 members (excludes halogenated alkanes) is 1. The Labute approximate surface area is 92.7 Å². The van der Waals surface area contributed by atoms with E-state index in [0.717, 1.165) is 6.42 Å². The highest BCUT2D eigenvalue weighted by Gasteiger charge is 2.25. The van der Waals surface area contributed by atoms with Gasteiger partial charge in [0.05, 0.1) is 11.5 Å². The Morgan fingerprint density at radius 2 is 1.93 bits per heavy atom. The fraction of sp³-hybridized carbons (Fsp3) is 1.00. The third-order valence-corrected chi connectivity index (χ3v) is 4.67. The third-order valence-electron chi connectivity index (χ3n) is 3.06. The van der Waals surface area contributed by atoms with Gasteiger partial charge in [-0.3, -0.25) is 4.90 Å². The molecule has 1 saturated heterocycles. The summed E-state index contributed by atoms with van der Waals surface area (Å²) >= 11 is 0. The van der Waals surface area contributed by atoms with Crippen LogP contribution in [-0.4, -0.2) is 50.5 Å². The van der Waals surface area contributed by atoms with E-state index in [9.17, 15) is 8.42 Å². The summed E-state index contributed by atoms with van der Waals surface area (Å²) in [7, 11) is -2.76. The quantitative estimate of drug-likeness (QED) is 0.740. The lowest BCUT2D eigenvalue weighted by Crippen LogP contribution is -2.48. The largest absolute Gasteiger partial charge is 0.329 e. The number of hydrogen-bond donors (Lipinski definition) is 1. The van der Waals surface area contributed by atoms with Crippen LogP contribution >= 0.6 is 0 Å². The number of rotatable bonds is 5. The van der Waals surface area contributed by atoms with Crippen LogP contribution in [0.25, 0.3) is 0 Å². The van der Waals surface area contributed by atoms with Crippen molar-refractivity contribution in [3.05, 3.63) is 0 Å². The molecule has 2 N–H and O–H groups in total. The van der Waals surface area contributed by atoms with Crippen LogP contribution in [0.15, 0.2) is 0 Å². The predicted octanol–water partition coefficient (Wildman–Crippen LogP) is 0.234. The minimum absolute atomic E-state index is 0.301. The number of nitrogens with two attached hydrogens (primary N) is 1. The molecule has 5 heteroatoms. The van der Waals surface area contributed by atoms with Gasteiger partial charge in [0.1, 0.15) is 0 Å². The van der Waals surface area contributed by atoms with Gasteiger partial charge in [-0.05, 0) is 6.42 Å². The lowest BCUT2D eigenvalue weighted by molar-refractivity contribution is 0.203. The van der Waals surface area contributed by atoms with Crippen LogP contribution in [0.3, 0.4) is 0 Å². The second-order valence-corrected chi connectivity index (χ2v) is 6.52. The maximum atomic E-state index is 11.3. The van der Waals surface area contributed by atoms with Crippen LogP contribution in [0.5, 0.6) is 0 Å². The molecular formula is C10H22N2O2S. The summed E-state index contributed by atoms with van der Waals surface area (Å²) in [6.45, 7) is 4.12. The molecule has 0 saturated carbocycles. The molecule has 15 heavy (non-hydrogen) atoms. The van der Waals surface area contributed by atoms with Crippen LogP contribution in [0, 0.1) is 0 Å². The summed E-state index contributed by atoms with van der Waals surface area (Å²) in [5.74, 6) is 0.602. The smallest absolute Gasteiger partial charge is 0.152 e. The van der Waals surface area contributed by atoms with Gasteiger partial charge >= 0.3 is 0 Å². The van der Waals surface area contributed by atoms with Crippen molar-refractivity contribution in [3.8, 4) is 0 Å². The van der Waals surface area contributed by atoms with E-state index in [4.69, 9.17) is 5.73 Å². The predicted molar refractivity (Wildman–Crippen MR) is 62.6 cm³/mol. The van der Waals surface area contributed by atoms with Crippen molar-refractivity contribution in [2.45, 2.75) is 32.2 Å². The molecule has 0 aromatic carbocycles. The maximum absolute atomic E-state index is 11.3. The van der Waals surface area contributed by atoms with Gasteiger partial charge in [0, 0.05) is 25.7 Å². The molecule has 1 aliphatic heterocycles. The Hall–Kier alpha value is -0.130. The zero-order chi connectivity index (χ0) is 11.3. The van der Waals surface area contributed by atoms with Gasteiger partial charge in [-0.25, -0.2) is 8.42 Å². The molecule has 1 atom stereocenters. The molecule has 90 valence electrons.